The first-order valence-corrected chi connectivity index (χ1v) is 6.25. The third kappa shape index (κ3) is 3.12. The highest BCUT2D eigenvalue weighted by Crippen LogP contribution is 2.21. The molecule has 2 rings (SSSR count). The summed E-state index contributed by atoms with van der Waals surface area (Å²) in [6.45, 7) is 2.64. The van der Waals surface area contributed by atoms with Crippen molar-refractivity contribution in [1.29, 1.82) is 0 Å². The lowest BCUT2D eigenvalue weighted by molar-refractivity contribution is 0.327. The highest BCUT2D eigenvalue weighted by Gasteiger charge is 2.13. The van der Waals surface area contributed by atoms with Crippen LogP contribution >= 0.6 is 0 Å². The Bertz CT molecular complexity index is 321. The highest BCUT2D eigenvalue weighted by molar-refractivity contribution is 5.38. The van der Waals surface area contributed by atoms with E-state index in [0.29, 0.717) is 18.5 Å². The Hall–Kier alpha value is -1.25. The first-order valence-electron chi connectivity index (χ1n) is 6.25. The summed E-state index contributed by atoms with van der Waals surface area (Å²) in [6.07, 6.45) is 6.58. The number of rotatable bonds is 4. The molecule has 1 fully saturated rings. The standard InChI is InChI=1S/C13H20N2O/c1-2-16-13-10-6-9-12(15-13)14-11-7-4-3-5-8-11/h6,9-11H,2-5,7-8H2,1H3,(H,14,15). The first-order chi connectivity index (χ1) is 7.88. The van der Waals surface area contributed by atoms with Crippen molar-refractivity contribution in [3.63, 3.8) is 0 Å². The van der Waals surface area contributed by atoms with Crippen molar-refractivity contribution < 1.29 is 4.74 Å². The van der Waals surface area contributed by atoms with Gasteiger partial charge in [-0.05, 0) is 25.8 Å². The van der Waals surface area contributed by atoms with Gasteiger partial charge in [0.15, 0.2) is 0 Å². The van der Waals surface area contributed by atoms with Gasteiger partial charge in [-0.3, -0.25) is 0 Å². The van der Waals surface area contributed by atoms with E-state index in [0.717, 1.165) is 5.82 Å². The third-order valence-electron chi connectivity index (χ3n) is 2.97. The van der Waals surface area contributed by atoms with Gasteiger partial charge < -0.3 is 10.1 Å². The van der Waals surface area contributed by atoms with Crippen LogP contribution in [-0.2, 0) is 0 Å². The molecule has 0 unspecified atom stereocenters. The molecule has 0 spiro atoms. The molecule has 0 radical (unpaired) electrons. The molecule has 1 aromatic heterocycles. The van der Waals surface area contributed by atoms with Crippen LogP contribution in [0.3, 0.4) is 0 Å². The van der Waals surface area contributed by atoms with Crippen molar-refractivity contribution >= 4 is 5.82 Å². The lowest BCUT2D eigenvalue weighted by Crippen LogP contribution is -2.22. The molecule has 1 N–H and O–H groups in total. The smallest absolute Gasteiger partial charge is 0.215 e. The van der Waals surface area contributed by atoms with Gasteiger partial charge in [0.2, 0.25) is 5.88 Å². The summed E-state index contributed by atoms with van der Waals surface area (Å²) in [4.78, 5) is 4.42. The van der Waals surface area contributed by atoms with Gasteiger partial charge in [-0.15, -0.1) is 0 Å². The fourth-order valence-corrected chi connectivity index (χ4v) is 2.18. The minimum atomic E-state index is 0.595. The molecule has 1 aromatic rings. The number of hydrogen-bond acceptors (Lipinski definition) is 3. The molecule has 1 aliphatic carbocycles. The lowest BCUT2D eigenvalue weighted by atomic mass is 9.95. The lowest BCUT2D eigenvalue weighted by Gasteiger charge is -2.23. The first kappa shape index (κ1) is 11.2. The van der Waals surface area contributed by atoms with E-state index in [1.165, 1.54) is 32.1 Å². The quantitative estimate of drug-likeness (QED) is 0.846. The zero-order valence-electron chi connectivity index (χ0n) is 9.91. The van der Waals surface area contributed by atoms with Crippen molar-refractivity contribution in [3.8, 4) is 5.88 Å². The normalized spacial score (nSPS) is 17.1. The molecule has 0 amide bonds. The van der Waals surface area contributed by atoms with Crippen molar-refractivity contribution in [1.82, 2.24) is 4.98 Å². The van der Waals surface area contributed by atoms with Crippen LogP contribution < -0.4 is 10.1 Å². The Labute approximate surface area is 97.2 Å². The number of nitrogens with one attached hydrogen (secondary N) is 1. The van der Waals surface area contributed by atoms with Gasteiger partial charge in [-0.2, -0.15) is 4.98 Å². The van der Waals surface area contributed by atoms with Crippen LogP contribution in [0.2, 0.25) is 0 Å². The Morgan fingerprint density at radius 2 is 2.12 bits per heavy atom. The predicted molar refractivity (Wildman–Crippen MR) is 65.9 cm³/mol. The van der Waals surface area contributed by atoms with Crippen LogP contribution in [0.1, 0.15) is 39.0 Å². The van der Waals surface area contributed by atoms with Crippen LogP contribution in [-0.4, -0.2) is 17.6 Å². The van der Waals surface area contributed by atoms with E-state index in [1.807, 2.05) is 25.1 Å². The average molecular weight is 220 g/mol. The fraction of sp³-hybridized carbons (Fsp3) is 0.615. The number of nitrogens with zero attached hydrogens (tertiary/aromatic N) is 1. The summed E-state index contributed by atoms with van der Waals surface area (Å²) in [7, 11) is 0. The van der Waals surface area contributed by atoms with Crippen LogP contribution in [0.15, 0.2) is 18.2 Å². The van der Waals surface area contributed by atoms with Crippen molar-refractivity contribution in [2.24, 2.45) is 0 Å². The zero-order valence-corrected chi connectivity index (χ0v) is 9.91. The molecule has 88 valence electrons. The SMILES string of the molecule is CCOc1cccc(NC2CCCCC2)n1. The molecule has 0 saturated heterocycles. The van der Waals surface area contributed by atoms with Crippen LogP contribution in [0.5, 0.6) is 5.88 Å². The van der Waals surface area contributed by atoms with Crippen molar-refractivity contribution in [3.05, 3.63) is 18.2 Å². The molecular weight excluding hydrogens is 200 g/mol. The van der Waals surface area contributed by atoms with Crippen molar-refractivity contribution in [2.75, 3.05) is 11.9 Å². The maximum atomic E-state index is 5.38. The van der Waals surface area contributed by atoms with Gasteiger partial charge in [0.1, 0.15) is 5.82 Å². The van der Waals surface area contributed by atoms with E-state index in [2.05, 4.69) is 10.3 Å². The van der Waals surface area contributed by atoms with E-state index in [9.17, 15) is 0 Å². The van der Waals surface area contributed by atoms with E-state index < -0.39 is 0 Å². The van der Waals surface area contributed by atoms with Crippen LogP contribution in [0.25, 0.3) is 0 Å². The molecule has 1 saturated carbocycles. The number of aromatic nitrogens is 1. The molecule has 1 aliphatic rings. The number of anilines is 1. The Morgan fingerprint density at radius 1 is 1.31 bits per heavy atom. The molecule has 16 heavy (non-hydrogen) atoms. The summed E-state index contributed by atoms with van der Waals surface area (Å²) < 4.78 is 5.38. The topological polar surface area (TPSA) is 34.1 Å². The van der Waals surface area contributed by atoms with Crippen LogP contribution in [0, 0.1) is 0 Å². The Balaban J connectivity index is 1.94. The van der Waals surface area contributed by atoms with E-state index >= 15 is 0 Å². The zero-order chi connectivity index (χ0) is 11.2. The van der Waals surface area contributed by atoms with Gasteiger partial charge in [-0.1, -0.05) is 25.3 Å². The largest absolute Gasteiger partial charge is 0.478 e. The molecular formula is C13H20N2O. The number of pyridine rings is 1. The fourth-order valence-electron chi connectivity index (χ4n) is 2.18. The molecule has 3 heteroatoms. The van der Waals surface area contributed by atoms with Gasteiger partial charge >= 0.3 is 0 Å². The summed E-state index contributed by atoms with van der Waals surface area (Å²) in [5.74, 6) is 1.65. The summed E-state index contributed by atoms with van der Waals surface area (Å²) in [5, 5.41) is 3.49. The average Bonchev–Trinajstić information content (AvgIpc) is 2.31. The van der Waals surface area contributed by atoms with E-state index in [-0.39, 0.29) is 0 Å². The van der Waals surface area contributed by atoms with Gasteiger partial charge in [0.05, 0.1) is 6.61 Å². The second-order valence-corrected chi connectivity index (χ2v) is 4.27. The Morgan fingerprint density at radius 3 is 2.88 bits per heavy atom. The van der Waals surface area contributed by atoms with Gasteiger partial charge in [-0.25, -0.2) is 0 Å². The Kier molecular flexibility index (Phi) is 4.03. The molecule has 1 heterocycles. The number of ether oxygens (including phenoxy) is 1. The minimum absolute atomic E-state index is 0.595. The summed E-state index contributed by atoms with van der Waals surface area (Å²) >= 11 is 0. The number of hydrogen-bond donors (Lipinski definition) is 1. The maximum Gasteiger partial charge on any atom is 0.215 e. The molecule has 0 atom stereocenters. The third-order valence-corrected chi connectivity index (χ3v) is 2.97. The van der Waals surface area contributed by atoms with E-state index in [4.69, 9.17) is 4.74 Å². The minimum Gasteiger partial charge on any atom is -0.478 e. The molecule has 3 nitrogen and oxygen atoms in total. The van der Waals surface area contributed by atoms with Crippen LogP contribution in [0.4, 0.5) is 5.82 Å². The van der Waals surface area contributed by atoms with Gasteiger partial charge in [0.25, 0.3) is 0 Å². The van der Waals surface area contributed by atoms with Gasteiger partial charge in [0, 0.05) is 12.1 Å². The summed E-state index contributed by atoms with van der Waals surface area (Å²) in [5.41, 5.74) is 0. The van der Waals surface area contributed by atoms with Crippen molar-refractivity contribution in [2.45, 2.75) is 45.1 Å². The molecule has 0 bridgehead atoms. The summed E-state index contributed by atoms with van der Waals surface area (Å²) in [6, 6.07) is 6.49. The predicted octanol–water partition coefficient (Wildman–Crippen LogP) is 3.22. The monoisotopic (exact) mass is 220 g/mol. The second kappa shape index (κ2) is 5.73. The molecule has 0 aliphatic heterocycles. The molecule has 0 aromatic carbocycles. The van der Waals surface area contributed by atoms with E-state index in [1.54, 1.807) is 0 Å². The highest BCUT2D eigenvalue weighted by atomic mass is 16.5. The maximum absolute atomic E-state index is 5.38. The second-order valence-electron chi connectivity index (χ2n) is 4.27.